The summed E-state index contributed by atoms with van der Waals surface area (Å²) in [6.45, 7) is 1.57. The Bertz CT molecular complexity index is 975. The molecule has 148 valence electrons. The number of fused-ring (bicyclic) bond motifs is 1. The van der Waals surface area contributed by atoms with Crippen LogP contribution in [0.2, 0.25) is 0 Å². The molecular weight excluding hydrogens is 370 g/mol. The zero-order valence-corrected chi connectivity index (χ0v) is 15.2. The van der Waals surface area contributed by atoms with E-state index in [0.29, 0.717) is 23.2 Å². The number of halogens is 2. The second-order valence-electron chi connectivity index (χ2n) is 6.20. The summed E-state index contributed by atoms with van der Waals surface area (Å²) >= 11 is 0. The lowest BCUT2D eigenvalue weighted by molar-refractivity contribution is 0.0815. The average Bonchev–Trinajstić information content (AvgIpc) is 3.07. The second-order valence-corrected chi connectivity index (χ2v) is 6.20. The molecule has 0 saturated heterocycles. The third-order valence-corrected chi connectivity index (χ3v) is 4.04. The fourth-order valence-electron chi connectivity index (χ4n) is 2.82. The van der Waals surface area contributed by atoms with E-state index in [-0.39, 0.29) is 24.8 Å². The van der Waals surface area contributed by atoms with E-state index in [1.165, 1.54) is 6.20 Å². The van der Waals surface area contributed by atoms with Crippen molar-refractivity contribution in [3.63, 3.8) is 0 Å². The maximum absolute atomic E-state index is 12.3. The van der Waals surface area contributed by atoms with Gasteiger partial charge in [0.1, 0.15) is 18.1 Å². The summed E-state index contributed by atoms with van der Waals surface area (Å²) < 4.78 is 31.4. The van der Waals surface area contributed by atoms with E-state index in [9.17, 15) is 13.6 Å². The summed E-state index contributed by atoms with van der Waals surface area (Å²) in [6.07, 6.45) is 0.715. The maximum Gasteiger partial charge on any atom is 0.272 e. The number of ether oxygens (including phenoxy) is 1. The predicted octanol–water partition coefficient (Wildman–Crippen LogP) is 2.15. The number of alkyl halides is 2. The Morgan fingerprint density at radius 3 is 2.89 bits per heavy atom. The molecule has 0 aliphatic heterocycles. The SMILES string of the molecule is Cc1cc(Cn2cc3c(C(=O)NCCO)nccc3n2)ccc1OCC(F)F. The normalized spacial score (nSPS) is 11.2. The second kappa shape index (κ2) is 8.75. The molecule has 1 aromatic carbocycles. The number of aryl methyl sites for hydroxylation is 1. The van der Waals surface area contributed by atoms with Gasteiger partial charge in [-0.2, -0.15) is 5.10 Å². The minimum absolute atomic E-state index is 0.143. The summed E-state index contributed by atoms with van der Waals surface area (Å²) in [4.78, 5) is 16.3. The smallest absolute Gasteiger partial charge is 0.272 e. The standard InChI is InChI=1S/C19H20F2N4O3/c1-12-8-13(2-3-16(12)28-11-17(20)21)9-25-10-14-15(24-25)4-5-22-18(14)19(27)23-6-7-26/h2-5,8,10,17,26H,6-7,9,11H2,1H3,(H,23,27). The third-order valence-electron chi connectivity index (χ3n) is 4.04. The molecule has 2 aromatic heterocycles. The molecule has 3 rings (SSSR count). The number of rotatable bonds is 8. The molecule has 1 amide bonds. The number of aliphatic hydroxyl groups excluding tert-OH is 1. The Labute approximate surface area is 160 Å². The first-order chi connectivity index (χ1) is 13.5. The summed E-state index contributed by atoms with van der Waals surface area (Å²) in [5.41, 5.74) is 2.52. The van der Waals surface area contributed by atoms with Crippen molar-refractivity contribution in [3.8, 4) is 5.75 Å². The zero-order chi connectivity index (χ0) is 20.1. The van der Waals surface area contributed by atoms with Crippen molar-refractivity contribution >= 4 is 16.8 Å². The minimum Gasteiger partial charge on any atom is -0.487 e. The number of carbonyl (C=O) groups excluding carboxylic acids is 1. The van der Waals surface area contributed by atoms with Crippen LogP contribution in [-0.2, 0) is 6.54 Å². The summed E-state index contributed by atoms with van der Waals surface area (Å²) in [5, 5.41) is 16.5. The van der Waals surface area contributed by atoms with Gasteiger partial charge in [0.15, 0.2) is 0 Å². The highest BCUT2D eigenvalue weighted by Gasteiger charge is 2.14. The van der Waals surface area contributed by atoms with E-state index in [1.54, 1.807) is 36.0 Å². The highest BCUT2D eigenvalue weighted by atomic mass is 19.3. The topological polar surface area (TPSA) is 89.3 Å². The van der Waals surface area contributed by atoms with Gasteiger partial charge in [0, 0.05) is 18.9 Å². The number of amides is 1. The largest absolute Gasteiger partial charge is 0.487 e. The van der Waals surface area contributed by atoms with Crippen LogP contribution in [0.4, 0.5) is 8.78 Å². The highest BCUT2D eigenvalue weighted by molar-refractivity contribution is 6.04. The van der Waals surface area contributed by atoms with Crippen LogP contribution in [0.3, 0.4) is 0 Å². The zero-order valence-electron chi connectivity index (χ0n) is 15.2. The average molecular weight is 390 g/mol. The molecular formula is C19H20F2N4O3. The molecule has 0 spiro atoms. The fourth-order valence-corrected chi connectivity index (χ4v) is 2.82. The molecule has 3 aromatic rings. The Hall–Kier alpha value is -3.07. The lowest BCUT2D eigenvalue weighted by atomic mass is 10.1. The first-order valence-corrected chi connectivity index (χ1v) is 8.69. The molecule has 0 bridgehead atoms. The lowest BCUT2D eigenvalue weighted by Crippen LogP contribution is -2.27. The summed E-state index contributed by atoms with van der Waals surface area (Å²) in [5.74, 6) is 0.0392. The molecule has 0 aliphatic carbocycles. The van der Waals surface area contributed by atoms with Crippen molar-refractivity contribution < 1.29 is 23.4 Å². The first-order valence-electron chi connectivity index (χ1n) is 8.69. The number of benzene rings is 1. The van der Waals surface area contributed by atoms with Gasteiger partial charge in [-0.15, -0.1) is 0 Å². The molecule has 0 atom stereocenters. The quantitative estimate of drug-likeness (QED) is 0.615. The van der Waals surface area contributed by atoms with E-state index < -0.39 is 13.0 Å². The maximum atomic E-state index is 12.3. The molecule has 0 aliphatic rings. The van der Waals surface area contributed by atoms with Gasteiger partial charge in [-0.3, -0.25) is 14.5 Å². The van der Waals surface area contributed by atoms with Crippen LogP contribution in [0.15, 0.2) is 36.7 Å². The van der Waals surface area contributed by atoms with E-state index >= 15 is 0 Å². The van der Waals surface area contributed by atoms with E-state index in [4.69, 9.17) is 9.84 Å². The number of carbonyl (C=O) groups is 1. The molecule has 0 radical (unpaired) electrons. The van der Waals surface area contributed by atoms with Gasteiger partial charge in [0.25, 0.3) is 12.3 Å². The van der Waals surface area contributed by atoms with Gasteiger partial charge in [-0.1, -0.05) is 12.1 Å². The number of aromatic nitrogens is 3. The van der Waals surface area contributed by atoms with Crippen molar-refractivity contribution in [1.29, 1.82) is 0 Å². The van der Waals surface area contributed by atoms with Crippen LogP contribution in [0.1, 0.15) is 21.6 Å². The number of pyridine rings is 1. The Kier molecular flexibility index (Phi) is 6.15. The van der Waals surface area contributed by atoms with Crippen molar-refractivity contribution in [2.75, 3.05) is 19.8 Å². The number of nitrogens with one attached hydrogen (secondary N) is 1. The van der Waals surface area contributed by atoms with Crippen LogP contribution < -0.4 is 10.1 Å². The fraction of sp³-hybridized carbons (Fsp3) is 0.316. The Morgan fingerprint density at radius 2 is 2.18 bits per heavy atom. The molecule has 2 N–H and O–H groups in total. The van der Waals surface area contributed by atoms with Crippen LogP contribution >= 0.6 is 0 Å². The number of aliphatic hydroxyl groups is 1. The summed E-state index contributed by atoms with van der Waals surface area (Å²) in [6, 6.07) is 7.00. The molecule has 7 nitrogen and oxygen atoms in total. The molecule has 0 fully saturated rings. The van der Waals surface area contributed by atoms with Crippen molar-refractivity contribution in [3.05, 3.63) is 53.5 Å². The number of hydrogen-bond acceptors (Lipinski definition) is 5. The predicted molar refractivity (Wildman–Crippen MR) is 98.7 cm³/mol. The van der Waals surface area contributed by atoms with Gasteiger partial charge in [0.05, 0.1) is 24.1 Å². The van der Waals surface area contributed by atoms with Crippen molar-refractivity contribution in [2.24, 2.45) is 0 Å². The molecule has 0 saturated carbocycles. The molecule has 9 heteroatoms. The lowest BCUT2D eigenvalue weighted by Gasteiger charge is -2.10. The highest BCUT2D eigenvalue weighted by Crippen LogP contribution is 2.21. The monoisotopic (exact) mass is 390 g/mol. The van der Waals surface area contributed by atoms with Gasteiger partial charge in [-0.25, -0.2) is 8.78 Å². The number of hydrogen-bond donors (Lipinski definition) is 2. The van der Waals surface area contributed by atoms with Gasteiger partial charge >= 0.3 is 0 Å². The van der Waals surface area contributed by atoms with Crippen molar-refractivity contribution in [2.45, 2.75) is 19.9 Å². The Morgan fingerprint density at radius 1 is 1.36 bits per heavy atom. The molecule has 2 heterocycles. The van der Waals surface area contributed by atoms with E-state index in [1.807, 2.05) is 6.07 Å². The van der Waals surface area contributed by atoms with Crippen molar-refractivity contribution in [1.82, 2.24) is 20.1 Å². The van der Waals surface area contributed by atoms with E-state index in [2.05, 4.69) is 15.4 Å². The van der Waals surface area contributed by atoms with E-state index in [0.717, 1.165) is 11.1 Å². The van der Waals surface area contributed by atoms with Gasteiger partial charge in [0.2, 0.25) is 0 Å². The number of nitrogens with zero attached hydrogens (tertiary/aromatic N) is 3. The van der Waals surface area contributed by atoms with Crippen LogP contribution in [-0.4, -0.2) is 52.0 Å². The van der Waals surface area contributed by atoms with Crippen LogP contribution in [0, 0.1) is 6.92 Å². The van der Waals surface area contributed by atoms with Gasteiger partial charge < -0.3 is 15.2 Å². The minimum atomic E-state index is -2.52. The first kappa shape index (κ1) is 19.7. The van der Waals surface area contributed by atoms with Gasteiger partial charge in [-0.05, 0) is 30.2 Å². The van der Waals surface area contributed by atoms with Crippen LogP contribution in [0.25, 0.3) is 10.9 Å². The van der Waals surface area contributed by atoms with Crippen LogP contribution in [0.5, 0.6) is 5.75 Å². The molecule has 0 unspecified atom stereocenters. The molecule has 28 heavy (non-hydrogen) atoms. The third kappa shape index (κ3) is 4.61. The Balaban J connectivity index is 1.79. The summed E-state index contributed by atoms with van der Waals surface area (Å²) in [7, 11) is 0.